The van der Waals surface area contributed by atoms with E-state index >= 15 is 8.78 Å². The van der Waals surface area contributed by atoms with Gasteiger partial charge in [0.25, 0.3) is 0 Å². The van der Waals surface area contributed by atoms with Crippen molar-refractivity contribution in [2.45, 2.75) is 58.8 Å². The third kappa shape index (κ3) is 4.07. The molecule has 2 aromatic carbocycles. The molecule has 1 aliphatic rings. The fraction of sp³-hybridized carbons (Fsp3) is 0.500. The minimum Gasteiger partial charge on any atom is -0.490 e. The normalized spacial score (nSPS) is 14.9. The molecule has 1 fully saturated rings. The van der Waals surface area contributed by atoms with Crippen LogP contribution in [-0.2, 0) is 0 Å². The minimum absolute atomic E-state index is 0.245. The number of thiophene rings is 1. The molecule has 156 valence electrons. The minimum atomic E-state index is -0.398. The lowest BCUT2D eigenvalue weighted by atomic mass is 10.1. The quantitative estimate of drug-likeness (QED) is 0.348. The van der Waals surface area contributed by atoms with E-state index in [2.05, 4.69) is 6.92 Å². The lowest BCUT2D eigenvalue weighted by Crippen LogP contribution is -2.09. The molecular formula is C24H28F2O2S. The summed E-state index contributed by atoms with van der Waals surface area (Å²) in [5.74, 6) is 0.300. The van der Waals surface area contributed by atoms with Crippen LogP contribution in [0.15, 0.2) is 18.2 Å². The predicted molar refractivity (Wildman–Crippen MR) is 116 cm³/mol. The van der Waals surface area contributed by atoms with Crippen molar-refractivity contribution in [3.05, 3.63) is 35.4 Å². The number of rotatable bonds is 8. The lowest BCUT2D eigenvalue weighted by Gasteiger charge is -2.14. The molecule has 1 saturated carbocycles. The molecule has 4 rings (SSSR count). The Morgan fingerprint density at radius 1 is 1.00 bits per heavy atom. The van der Waals surface area contributed by atoms with Crippen LogP contribution in [0.5, 0.6) is 11.5 Å². The van der Waals surface area contributed by atoms with Gasteiger partial charge in [-0.2, -0.15) is 0 Å². The Kier molecular flexibility index (Phi) is 6.23. The third-order valence-electron chi connectivity index (χ3n) is 5.86. The molecule has 2 nitrogen and oxygen atoms in total. The van der Waals surface area contributed by atoms with Crippen LogP contribution in [0.2, 0.25) is 0 Å². The summed E-state index contributed by atoms with van der Waals surface area (Å²) in [5, 5.41) is 1.47. The number of aryl methyl sites for hydroxylation is 1. The monoisotopic (exact) mass is 418 g/mol. The van der Waals surface area contributed by atoms with E-state index in [1.54, 1.807) is 6.07 Å². The maximum absolute atomic E-state index is 15.3. The van der Waals surface area contributed by atoms with E-state index < -0.39 is 5.82 Å². The van der Waals surface area contributed by atoms with Crippen molar-refractivity contribution in [1.29, 1.82) is 0 Å². The predicted octanol–water partition coefficient (Wildman–Crippen LogP) is 7.78. The Morgan fingerprint density at radius 3 is 2.52 bits per heavy atom. The van der Waals surface area contributed by atoms with Gasteiger partial charge in [0, 0.05) is 10.8 Å². The number of halogens is 2. The smallest absolute Gasteiger partial charge is 0.183 e. The van der Waals surface area contributed by atoms with Crippen molar-refractivity contribution in [2.75, 3.05) is 13.2 Å². The van der Waals surface area contributed by atoms with Crippen molar-refractivity contribution in [2.24, 2.45) is 5.92 Å². The van der Waals surface area contributed by atoms with Crippen molar-refractivity contribution >= 4 is 31.5 Å². The molecule has 0 bridgehead atoms. The molecule has 29 heavy (non-hydrogen) atoms. The van der Waals surface area contributed by atoms with E-state index in [1.165, 1.54) is 12.8 Å². The average Bonchev–Trinajstić information content (AvgIpc) is 3.35. The van der Waals surface area contributed by atoms with Gasteiger partial charge in [-0.25, -0.2) is 8.78 Å². The summed E-state index contributed by atoms with van der Waals surface area (Å²) >= 11 is 1.14. The first-order valence-electron chi connectivity index (χ1n) is 10.7. The highest BCUT2D eigenvalue weighted by Crippen LogP contribution is 2.43. The van der Waals surface area contributed by atoms with E-state index in [-0.39, 0.29) is 11.6 Å². The molecule has 1 aliphatic carbocycles. The molecule has 0 spiro atoms. The fourth-order valence-electron chi connectivity index (χ4n) is 4.19. The van der Waals surface area contributed by atoms with Gasteiger partial charge in [-0.1, -0.05) is 32.6 Å². The first-order chi connectivity index (χ1) is 14.1. The molecule has 1 aromatic heterocycles. The Balaban J connectivity index is 1.66. The summed E-state index contributed by atoms with van der Waals surface area (Å²) in [6.45, 7) is 5.02. The van der Waals surface area contributed by atoms with Gasteiger partial charge in [0.05, 0.1) is 22.6 Å². The SMILES string of the molecule is CCCCCOc1ccc2c(sc3c(F)c(OCC4CCCC4)c(C)cc32)c1F. The zero-order valence-corrected chi connectivity index (χ0v) is 18.0. The van der Waals surface area contributed by atoms with Crippen LogP contribution < -0.4 is 9.47 Å². The largest absolute Gasteiger partial charge is 0.490 e. The molecule has 5 heteroatoms. The van der Waals surface area contributed by atoms with Gasteiger partial charge in [0.1, 0.15) is 0 Å². The Morgan fingerprint density at radius 2 is 1.76 bits per heavy atom. The van der Waals surface area contributed by atoms with E-state index in [0.717, 1.165) is 59.8 Å². The van der Waals surface area contributed by atoms with Crippen LogP contribution >= 0.6 is 11.3 Å². The summed E-state index contributed by atoms with van der Waals surface area (Å²) in [6, 6.07) is 5.42. The fourth-order valence-corrected chi connectivity index (χ4v) is 5.34. The van der Waals surface area contributed by atoms with Gasteiger partial charge in [0.2, 0.25) is 0 Å². The number of fused-ring (bicyclic) bond motifs is 3. The Bertz CT molecular complexity index is 1010. The maximum atomic E-state index is 15.3. The van der Waals surface area contributed by atoms with Gasteiger partial charge in [-0.3, -0.25) is 0 Å². The second-order valence-electron chi connectivity index (χ2n) is 8.09. The van der Waals surface area contributed by atoms with Crippen LogP contribution in [0.4, 0.5) is 8.78 Å². The summed E-state index contributed by atoms with van der Waals surface area (Å²) in [7, 11) is 0. The van der Waals surface area contributed by atoms with Gasteiger partial charge < -0.3 is 9.47 Å². The average molecular weight is 419 g/mol. The van der Waals surface area contributed by atoms with Crippen LogP contribution in [0, 0.1) is 24.5 Å². The summed E-state index contributed by atoms with van der Waals surface area (Å²) in [4.78, 5) is 0. The number of unbranched alkanes of at least 4 members (excludes halogenated alkanes) is 2. The molecule has 0 aliphatic heterocycles. The van der Waals surface area contributed by atoms with Gasteiger partial charge >= 0.3 is 0 Å². The highest BCUT2D eigenvalue weighted by atomic mass is 32.1. The topological polar surface area (TPSA) is 18.5 Å². The standard InChI is InChI=1S/C24H28F2O2S/c1-3-4-7-12-27-19-11-10-17-18-13-15(2)22(28-14-16-8-5-6-9-16)21(26)24(18)29-23(17)20(19)25/h10-11,13,16H,3-9,12,14H2,1-2H3. The first-order valence-corrected chi connectivity index (χ1v) is 11.5. The summed E-state index contributed by atoms with van der Waals surface area (Å²) in [6.07, 6.45) is 7.80. The second kappa shape index (κ2) is 8.86. The molecule has 3 aromatic rings. The van der Waals surface area contributed by atoms with Crippen LogP contribution in [0.3, 0.4) is 0 Å². The highest BCUT2D eigenvalue weighted by Gasteiger charge is 2.22. The first kappa shape index (κ1) is 20.4. The van der Waals surface area contributed by atoms with Crippen LogP contribution in [0.1, 0.15) is 57.4 Å². The Labute approximate surface area is 174 Å². The molecule has 0 radical (unpaired) electrons. The molecular weight excluding hydrogens is 390 g/mol. The van der Waals surface area contributed by atoms with Crippen LogP contribution in [-0.4, -0.2) is 13.2 Å². The van der Waals surface area contributed by atoms with Crippen molar-refractivity contribution < 1.29 is 18.3 Å². The number of benzene rings is 2. The third-order valence-corrected chi connectivity index (χ3v) is 7.07. The molecule has 0 N–H and O–H groups in total. The molecule has 0 amide bonds. The van der Waals surface area contributed by atoms with Gasteiger partial charge in [0.15, 0.2) is 23.1 Å². The Hall–Kier alpha value is -1.88. The highest BCUT2D eigenvalue weighted by molar-refractivity contribution is 7.25. The zero-order valence-electron chi connectivity index (χ0n) is 17.2. The molecule has 1 heterocycles. The van der Waals surface area contributed by atoms with E-state index in [4.69, 9.17) is 9.47 Å². The van der Waals surface area contributed by atoms with E-state index in [1.807, 2.05) is 19.1 Å². The van der Waals surface area contributed by atoms with Crippen molar-refractivity contribution in [3.8, 4) is 11.5 Å². The van der Waals surface area contributed by atoms with Crippen LogP contribution in [0.25, 0.3) is 20.2 Å². The zero-order chi connectivity index (χ0) is 20.4. The second-order valence-corrected chi connectivity index (χ2v) is 9.11. The summed E-state index contributed by atoms with van der Waals surface area (Å²) < 4.78 is 42.8. The lowest BCUT2D eigenvalue weighted by molar-refractivity contribution is 0.241. The molecule has 0 saturated heterocycles. The van der Waals surface area contributed by atoms with Crippen molar-refractivity contribution in [1.82, 2.24) is 0 Å². The van der Waals surface area contributed by atoms with E-state index in [9.17, 15) is 0 Å². The van der Waals surface area contributed by atoms with E-state index in [0.29, 0.717) is 34.3 Å². The van der Waals surface area contributed by atoms with Crippen molar-refractivity contribution in [3.63, 3.8) is 0 Å². The molecule has 0 atom stereocenters. The number of hydrogen-bond donors (Lipinski definition) is 0. The number of hydrogen-bond acceptors (Lipinski definition) is 3. The van der Waals surface area contributed by atoms with Gasteiger partial charge in [-0.05, 0) is 55.9 Å². The molecule has 0 unspecified atom stereocenters. The van der Waals surface area contributed by atoms with Gasteiger partial charge in [-0.15, -0.1) is 11.3 Å². The maximum Gasteiger partial charge on any atom is 0.183 e. The summed E-state index contributed by atoms with van der Waals surface area (Å²) in [5.41, 5.74) is 0.757. The number of ether oxygens (including phenoxy) is 2.